The van der Waals surface area contributed by atoms with E-state index >= 15 is 0 Å². The normalized spacial score (nSPS) is 10.6. The van der Waals surface area contributed by atoms with E-state index in [0.717, 1.165) is 30.6 Å². The van der Waals surface area contributed by atoms with Gasteiger partial charge in [0.25, 0.3) is 5.91 Å². The van der Waals surface area contributed by atoms with Gasteiger partial charge in [-0.15, -0.1) is 10.2 Å². The summed E-state index contributed by atoms with van der Waals surface area (Å²) in [5.74, 6) is 1.27. The van der Waals surface area contributed by atoms with Crippen LogP contribution in [-0.2, 0) is 17.9 Å². The van der Waals surface area contributed by atoms with Crippen LogP contribution in [0.3, 0.4) is 0 Å². The molecule has 1 aromatic heterocycles. The van der Waals surface area contributed by atoms with E-state index in [1.54, 1.807) is 31.4 Å². The van der Waals surface area contributed by atoms with Gasteiger partial charge in [-0.2, -0.15) is 0 Å². The molecule has 0 aliphatic heterocycles. The van der Waals surface area contributed by atoms with E-state index in [4.69, 9.17) is 4.74 Å². The lowest BCUT2D eigenvalue weighted by Gasteiger charge is -2.11. The quantitative estimate of drug-likeness (QED) is 0.413. The van der Waals surface area contributed by atoms with Crippen LogP contribution in [0.15, 0.2) is 53.7 Å². The molecule has 3 aromatic rings. The molecule has 0 fully saturated rings. The first kappa shape index (κ1) is 24.3. The zero-order chi connectivity index (χ0) is 23.6. The van der Waals surface area contributed by atoms with Crippen molar-refractivity contribution in [3.63, 3.8) is 0 Å². The van der Waals surface area contributed by atoms with Gasteiger partial charge < -0.3 is 19.9 Å². The number of thioether (sulfide) groups is 1. The number of methoxy groups -OCH3 is 1. The number of nitrogens with one attached hydrogen (secondary N) is 2. The van der Waals surface area contributed by atoms with Gasteiger partial charge in [-0.05, 0) is 55.3 Å². The maximum absolute atomic E-state index is 12.5. The van der Waals surface area contributed by atoms with Crippen molar-refractivity contribution >= 4 is 29.3 Å². The van der Waals surface area contributed by atoms with Crippen LogP contribution in [0.1, 0.15) is 41.5 Å². The minimum atomic E-state index is -0.200. The molecule has 1 heterocycles. The Bertz CT molecular complexity index is 1080. The van der Waals surface area contributed by atoms with Crippen molar-refractivity contribution in [2.24, 2.45) is 0 Å². The van der Waals surface area contributed by atoms with Crippen LogP contribution in [0.2, 0.25) is 0 Å². The zero-order valence-corrected chi connectivity index (χ0v) is 19.9. The van der Waals surface area contributed by atoms with Gasteiger partial charge in [0, 0.05) is 17.8 Å². The molecule has 0 bridgehead atoms. The number of aryl methyl sites for hydroxylation is 1. The zero-order valence-electron chi connectivity index (χ0n) is 19.1. The Morgan fingerprint density at radius 1 is 1.12 bits per heavy atom. The van der Waals surface area contributed by atoms with E-state index in [1.807, 2.05) is 35.8 Å². The molecule has 2 N–H and O–H groups in total. The molecule has 8 nitrogen and oxygen atoms in total. The first-order valence-electron chi connectivity index (χ1n) is 10.8. The van der Waals surface area contributed by atoms with Crippen molar-refractivity contribution < 1.29 is 14.3 Å². The highest BCUT2D eigenvalue weighted by atomic mass is 32.2. The van der Waals surface area contributed by atoms with Crippen LogP contribution in [0.4, 0.5) is 5.69 Å². The summed E-state index contributed by atoms with van der Waals surface area (Å²) >= 11 is 1.34. The highest BCUT2D eigenvalue weighted by Crippen LogP contribution is 2.19. The second-order valence-electron chi connectivity index (χ2n) is 7.52. The Kier molecular flexibility index (Phi) is 8.88. The number of nitrogens with zero attached hydrogens (tertiary/aromatic N) is 3. The van der Waals surface area contributed by atoms with Crippen LogP contribution in [0.5, 0.6) is 5.75 Å². The van der Waals surface area contributed by atoms with Crippen molar-refractivity contribution in [1.29, 1.82) is 0 Å². The highest BCUT2D eigenvalue weighted by molar-refractivity contribution is 7.99. The Balaban J connectivity index is 1.61. The van der Waals surface area contributed by atoms with Gasteiger partial charge in [0.2, 0.25) is 5.91 Å². The number of aromatic nitrogens is 3. The second-order valence-corrected chi connectivity index (χ2v) is 8.46. The summed E-state index contributed by atoms with van der Waals surface area (Å²) in [7, 11) is 1.58. The lowest BCUT2D eigenvalue weighted by molar-refractivity contribution is -0.113. The standard InChI is InChI=1S/C24H29N5O3S/c1-4-5-13-29-21(15-25-23(31)18-9-11-20(32-3)12-10-18)27-28-24(29)33-16-22(30)26-19-8-6-7-17(2)14-19/h6-12,14H,4-5,13,15-16H2,1-3H3,(H,25,31)(H,26,30). The minimum Gasteiger partial charge on any atom is -0.497 e. The molecule has 0 aliphatic rings. The van der Waals surface area contributed by atoms with E-state index in [2.05, 4.69) is 27.8 Å². The monoisotopic (exact) mass is 467 g/mol. The van der Waals surface area contributed by atoms with Crippen LogP contribution in [0.25, 0.3) is 0 Å². The Morgan fingerprint density at radius 2 is 1.91 bits per heavy atom. The SMILES string of the molecule is CCCCn1c(CNC(=O)c2ccc(OC)cc2)nnc1SCC(=O)Nc1cccc(C)c1. The molecular formula is C24H29N5O3S. The summed E-state index contributed by atoms with van der Waals surface area (Å²) in [6.07, 6.45) is 1.95. The van der Waals surface area contributed by atoms with E-state index < -0.39 is 0 Å². The molecule has 2 aromatic carbocycles. The lowest BCUT2D eigenvalue weighted by atomic mass is 10.2. The average molecular weight is 468 g/mol. The average Bonchev–Trinajstić information content (AvgIpc) is 3.21. The molecule has 0 unspecified atom stereocenters. The number of rotatable bonds is 11. The first-order chi connectivity index (χ1) is 16.0. The molecular weight excluding hydrogens is 438 g/mol. The predicted molar refractivity (Wildman–Crippen MR) is 130 cm³/mol. The van der Waals surface area contributed by atoms with Crippen LogP contribution in [0, 0.1) is 6.92 Å². The molecule has 9 heteroatoms. The summed E-state index contributed by atoms with van der Waals surface area (Å²) in [6.45, 7) is 5.06. The van der Waals surface area contributed by atoms with E-state index in [-0.39, 0.29) is 24.1 Å². The third-order valence-electron chi connectivity index (χ3n) is 4.92. The third-order valence-corrected chi connectivity index (χ3v) is 5.89. The number of benzene rings is 2. The number of amides is 2. The summed E-state index contributed by atoms with van der Waals surface area (Å²) in [5, 5.41) is 15.0. The van der Waals surface area contributed by atoms with Crippen molar-refractivity contribution in [2.45, 2.75) is 44.9 Å². The number of hydrogen-bond acceptors (Lipinski definition) is 6. The molecule has 33 heavy (non-hydrogen) atoms. The molecule has 0 aliphatic carbocycles. The molecule has 0 saturated heterocycles. The number of ether oxygens (including phenoxy) is 1. The van der Waals surface area contributed by atoms with Crippen molar-refractivity contribution in [3.05, 3.63) is 65.5 Å². The fraction of sp³-hybridized carbons (Fsp3) is 0.333. The van der Waals surface area contributed by atoms with Gasteiger partial charge in [-0.25, -0.2) is 0 Å². The highest BCUT2D eigenvalue weighted by Gasteiger charge is 2.15. The van der Waals surface area contributed by atoms with E-state index in [1.165, 1.54) is 11.8 Å². The van der Waals surface area contributed by atoms with Crippen molar-refractivity contribution in [2.75, 3.05) is 18.2 Å². The molecule has 0 spiro atoms. The van der Waals surface area contributed by atoms with E-state index in [0.29, 0.717) is 22.3 Å². The summed E-state index contributed by atoms with van der Waals surface area (Å²) in [5.41, 5.74) is 2.40. The van der Waals surface area contributed by atoms with Gasteiger partial charge in [0.15, 0.2) is 11.0 Å². The van der Waals surface area contributed by atoms with Crippen molar-refractivity contribution in [1.82, 2.24) is 20.1 Å². The van der Waals surface area contributed by atoms with E-state index in [9.17, 15) is 9.59 Å². The number of anilines is 1. The number of hydrogen-bond donors (Lipinski definition) is 2. The number of unbranched alkanes of at least 4 members (excludes halogenated alkanes) is 1. The molecule has 3 rings (SSSR count). The third kappa shape index (κ3) is 7.08. The molecule has 174 valence electrons. The predicted octanol–water partition coefficient (Wildman–Crippen LogP) is 4.06. The lowest BCUT2D eigenvalue weighted by Crippen LogP contribution is -2.25. The Hall–Kier alpha value is -3.33. The van der Waals surface area contributed by atoms with Gasteiger partial charge in [-0.1, -0.05) is 37.2 Å². The van der Waals surface area contributed by atoms with Gasteiger partial charge >= 0.3 is 0 Å². The maximum atomic E-state index is 12.5. The minimum absolute atomic E-state index is 0.106. The van der Waals surface area contributed by atoms with Crippen LogP contribution >= 0.6 is 11.8 Å². The fourth-order valence-electron chi connectivity index (χ4n) is 3.15. The maximum Gasteiger partial charge on any atom is 0.251 e. The second kappa shape index (κ2) is 12.1. The van der Waals surface area contributed by atoms with Crippen molar-refractivity contribution in [3.8, 4) is 5.75 Å². The molecule has 2 amide bonds. The number of carbonyl (C=O) groups excluding carboxylic acids is 2. The summed E-state index contributed by atoms with van der Waals surface area (Å²) in [6, 6.07) is 14.6. The van der Waals surface area contributed by atoms with Gasteiger partial charge in [0.1, 0.15) is 5.75 Å². The number of carbonyl (C=O) groups is 2. The fourth-order valence-corrected chi connectivity index (χ4v) is 3.93. The largest absolute Gasteiger partial charge is 0.497 e. The molecule has 0 atom stereocenters. The van der Waals surface area contributed by atoms with Crippen LogP contribution < -0.4 is 15.4 Å². The smallest absolute Gasteiger partial charge is 0.251 e. The van der Waals surface area contributed by atoms with Crippen LogP contribution in [-0.4, -0.2) is 39.4 Å². The first-order valence-corrected chi connectivity index (χ1v) is 11.8. The topological polar surface area (TPSA) is 98.1 Å². The Morgan fingerprint density at radius 3 is 2.61 bits per heavy atom. The molecule has 0 radical (unpaired) electrons. The van der Waals surface area contributed by atoms with Gasteiger partial charge in [0.05, 0.1) is 19.4 Å². The van der Waals surface area contributed by atoms with Gasteiger partial charge in [-0.3, -0.25) is 9.59 Å². The summed E-state index contributed by atoms with van der Waals surface area (Å²) in [4.78, 5) is 24.9. The summed E-state index contributed by atoms with van der Waals surface area (Å²) < 4.78 is 7.10. The molecule has 0 saturated carbocycles. The Labute approximate surface area is 198 Å².